The molecule has 2 heterocycles. The molecule has 0 radical (unpaired) electrons. The van der Waals surface area contributed by atoms with Crippen LogP contribution < -0.4 is 5.56 Å². The van der Waals surface area contributed by atoms with Crippen LogP contribution in [0.15, 0.2) is 47.5 Å². The third-order valence-electron chi connectivity index (χ3n) is 3.69. The van der Waals surface area contributed by atoms with E-state index in [1.165, 1.54) is 45.8 Å². The smallest absolute Gasteiger partial charge is 0.305 e. The normalized spacial score (nSPS) is 10.8. The molecule has 0 amide bonds. The molecule has 7 nitrogen and oxygen atoms in total. The number of nitro groups is 1. The van der Waals surface area contributed by atoms with Crippen molar-refractivity contribution in [1.82, 2.24) is 14.3 Å². The van der Waals surface area contributed by atoms with Gasteiger partial charge in [0.2, 0.25) is 0 Å². The summed E-state index contributed by atoms with van der Waals surface area (Å²) in [6, 6.07) is 6.97. The summed E-state index contributed by atoms with van der Waals surface area (Å²) in [7, 11) is 0. The van der Waals surface area contributed by atoms with Gasteiger partial charge in [-0.15, -0.1) is 0 Å². The van der Waals surface area contributed by atoms with Crippen molar-refractivity contribution in [3.63, 3.8) is 0 Å². The molecule has 3 rings (SSSR count). The molecule has 0 spiro atoms. The van der Waals surface area contributed by atoms with Crippen molar-refractivity contribution >= 4 is 17.3 Å². The number of halogens is 2. The Morgan fingerprint density at radius 1 is 1.32 bits per heavy atom. The van der Waals surface area contributed by atoms with Gasteiger partial charge >= 0.3 is 5.69 Å². The molecule has 0 aliphatic rings. The van der Waals surface area contributed by atoms with Crippen molar-refractivity contribution in [3.05, 3.63) is 74.0 Å². The first-order chi connectivity index (χ1) is 11.9. The van der Waals surface area contributed by atoms with Gasteiger partial charge in [0.25, 0.3) is 5.56 Å². The second kappa shape index (κ2) is 6.48. The zero-order valence-corrected chi connectivity index (χ0v) is 13.8. The van der Waals surface area contributed by atoms with E-state index in [4.69, 9.17) is 11.6 Å². The summed E-state index contributed by atoms with van der Waals surface area (Å²) in [5, 5.41) is 14.9. The molecule has 25 heavy (non-hydrogen) atoms. The maximum Gasteiger partial charge on any atom is 0.307 e. The highest BCUT2D eigenvalue weighted by Crippen LogP contribution is 2.28. The van der Waals surface area contributed by atoms with Crippen LogP contribution in [0.4, 0.5) is 10.1 Å². The molecule has 0 N–H and O–H groups in total. The van der Waals surface area contributed by atoms with Crippen molar-refractivity contribution in [2.45, 2.75) is 13.5 Å². The molecule has 0 saturated carbocycles. The lowest BCUT2D eigenvalue weighted by Gasteiger charge is -2.16. The predicted molar refractivity (Wildman–Crippen MR) is 90.6 cm³/mol. The maximum absolute atomic E-state index is 13.3. The van der Waals surface area contributed by atoms with E-state index in [1.807, 2.05) is 0 Å². The first kappa shape index (κ1) is 16.8. The monoisotopic (exact) mass is 362 g/mol. The Balaban J connectivity index is 2.33. The molecule has 0 atom stereocenters. The van der Waals surface area contributed by atoms with Gasteiger partial charge in [-0.1, -0.05) is 11.6 Å². The molecule has 128 valence electrons. The lowest BCUT2D eigenvalue weighted by atomic mass is 10.1. The number of nitrogens with zero attached hydrogens (tertiary/aromatic N) is 4. The number of hydrogen-bond donors (Lipinski definition) is 0. The van der Waals surface area contributed by atoms with Crippen molar-refractivity contribution in [3.8, 4) is 16.9 Å². The summed E-state index contributed by atoms with van der Waals surface area (Å²) in [4.78, 5) is 22.7. The summed E-state index contributed by atoms with van der Waals surface area (Å²) in [6.45, 7) is 2.07. The zero-order chi connectivity index (χ0) is 18.1. The molecule has 0 aliphatic heterocycles. The van der Waals surface area contributed by atoms with Crippen molar-refractivity contribution < 1.29 is 9.31 Å². The van der Waals surface area contributed by atoms with E-state index in [2.05, 4.69) is 5.10 Å². The SMILES string of the molecule is CCn1c(-c2ccc(F)cc2)c(-n2cc([N+](=O)[O-])cn2)cc(Cl)c1=O. The van der Waals surface area contributed by atoms with Crippen LogP contribution in [0.1, 0.15) is 6.92 Å². The Hall–Kier alpha value is -3.00. The van der Waals surface area contributed by atoms with E-state index in [0.717, 1.165) is 6.20 Å². The van der Waals surface area contributed by atoms with Crippen LogP contribution in [0.5, 0.6) is 0 Å². The van der Waals surface area contributed by atoms with E-state index in [9.17, 15) is 19.3 Å². The van der Waals surface area contributed by atoms with Gasteiger partial charge in [0.05, 0.1) is 16.3 Å². The number of rotatable bonds is 4. The van der Waals surface area contributed by atoms with Crippen LogP contribution in [0.3, 0.4) is 0 Å². The lowest BCUT2D eigenvalue weighted by molar-refractivity contribution is -0.384. The summed E-state index contributed by atoms with van der Waals surface area (Å²) in [5.41, 5.74) is 0.774. The second-order valence-corrected chi connectivity index (χ2v) is 5.59. The molecule has 0 fully saturated rings. The van der Waals surface area contributed by atoms with E-state index in [-0.39, 0.29) is 10.7 Å². The van der Waals surface area contributed by atoms with Gasteiger partial charge in [0.15, 0.2) is 0 Å². The Labute approximate surface area is 146 Å². The van der Waals surface area contributed by atoms with Gasteiger partial charge in [-0.05, 0) is 37.3 Å². The predicted octanol–water partition coefficient (Wildman–Crippen LogP) is 3.42. The van der Waals surface area contributed by atoms with Gasteiger partial charge in [-0.25, -0.2) is 9.07 Å². The molecule has 3 aromatic rings. The Morgan fingerprint density at radius 2 is 2.00 bits per heavy atom. The second-order valence-electron chi connectivity index (χ2n) is 5.18. The Kier molecular flexibility index (Phi) is 4.37. The van der Waals surface area contributed by atoms with Crippen LogP contribution in [0.2, 0.25) is 5.02 Å². The first-order valence-electron chi connectivity index (χ1n) is 7.31. The maximum atomic E-state index is 13.3. The first-order valence-corrected chi connectivity index (χ1v) is 7.69. The van der Waals surface area contributed by atoms with E-state index in [0.29, 0.717) is 23.5 Å². The van der Waals surface area contributed by atoms with Gasteiger partial charge in [0.1, 0.15) is 23.2 Å². The quantitative estimate of drug-likeness (QED) is 0.526. The van der Waals surface area contributed by atoms with Gasteiger partial charge < -0.3 is 4.57 Å². The van der Waals surface area contributed by atoms with Crippen molar-refractivity contribution in [2.24, 2.45) is 0 Å². The van der Waals surface area contributed by atoms with Crippen LogP contribution in [0, 0.1) is 15.9 Å². The molecule has 0 bridgehead atoms. The fourth-order valence-electron chi connectivity index (χ4n) is 2.55. The zero-order valence-electron chi connectivity index (χ0n) is 13.0. The molecular formula is C16H12ClFN4O3. The Bertz CT molecular complexity index is 1010. The third-order valence-corrected chi connectivity index (χ3v) is 3.96. The molecule has 0 unspecified atom stereocenters. The van der Waals surface area contributed by atoms with Crippen molar-refractivity contribution in [2.75, 3.05) is 0 Å². The summed E-state index contributed by atoms with van der Waals surface area (Å²) in [6.07, 6.45) is 2.33. The van der Waals surface area contributed by atoms with Gasteiger partial charge in [-0.3, -0.25) is 14.9 Å². The van der Waals surface area contributed by atoms with Gasteiger partial charge in [0, 0.05) is 12.1 Å². The number of pyridine rings is 1. The molecule has 9 heteroatoms. The largest absolute Gasteiger partial charge is 0.307 e. The third kappa shape index (κ3) is 3.03. The fourth-order valence-corrected chi connectivity index (χ4v) is 2.75. The molecular weight excluding hydrogens is 351 g/mol. The minimum atomic E-state index is -0.571. The van der Waals surface area contributed by atoms with E-state index >= 15 is 0 Å². The average molecular weight is 363 g/mol. The van der Waals surface area contributed by atoms with Crippen LogP contribution in [-0.4, -0.2) is 19.3 Å². The fraction of sp³-hybridized carbons (Fsp3) is 0.125. The Morgan fingerprint density at radius 3 is 2.56 bits per heavy atom. The van der Waals surface area contributed by atoms with E-state index < -0.39 is 16.3 Å². The van der Waals surface area contributed by atoms with Crippen molar-refractivity contribution in [1.29, 1.82) is 0 Å². The van der Waals surface area contributed by atoms with Crippen LogP contribution in [-0.2, 0) is 6.54 Å². The highest BCUT2D eigenvalue weighted by Gasteiger charge is 2.19. The van der Waals surface area contributed by atoms with Crippen LogP contribution >= 0.6 is 11.6 Å². The minimum absolute atomic E-state index is 0.0409. The number of hydrogen-bond acceptors (Lipinski definition) is 4. The molecule has 1 aromatic carbocycles. The summed E-state index contributed by atoms with van der Waals surface area (Å²) >= 11 is 6.03. The molecule has 0 aliphatic carbocycles. The minimum Gasteiger partial charge on any atom is -0.305 e. The van der Waals surface area contributed by atoms with E-state index in [1.54, 1.807) is 6.92 Å². The number of aromatic nitrogens is 3. The molecule has 0 saturated heterocycles. The van der Waals surface area contributed by atoms with Gasteiger partial charge in [-0.2, -0.15) is 5.10 Å². The highest BCUT2D eigenvalue weighted by molar-refractivity contribution is 6.30. The average Bonchev–Trinajstić information content (AvgIpc) is 3.08. The highest BCUT2D eigenvalue weighted by atomic mass is 35.5. The summed E-state index contributed by atoms with van der Waals surface area (Å²) in [5.74, 6) is -0.417. The molecule has 2 aromatic heterocycles. The topological polar surface area (TPSA) is 83.0 Å². The number of benzene rings is 1. The standard InChI is InChI=1S/C16H12ClFN4O3/c1-2-20-15(10-3-5-11(18)6-4-10)14(7-13(17)16(20)23)21-9-12(8-19-21)22(24)25/h3-9H,2H2,1H3. The lowest BCUT2D eigenvalue weighted by Crippen LogP contribution is -2.23. The summed E-state index contributed by atoms with van der Waals surface area (Å²) < 4.78 is 15.9. The van der Waals surface area contributed by atoms with Crippen LogP contribution in [0.25, 0.3) is 16.9 Å².